The fourth-order valence-electron chi connectivity index (χ4n) is 2.59. The van der Waals surface area contributed by atoms with Crippen molar-refractivity contribution in [3.63, 3.8) is 0 Å². The molecule has 1 atom stereocenters. The number of carbonyl (C=O) groups excluding carboxylic acids is 3. The molecule has 6 nitrogen and oxygen atoms in total. The van der Waals surface area contributed by atoms with Crippen LogP contribution >= 0.6 is 0 Å². The Kier molecular flexibility index (Phi) is 4.92. The maximum absolute atomic E-state index is 13.5. The maximum atomic E-state index is 13.5. The van der Waals surface area contributed by atoms with Gasteiger partial charge in [-0.05, 0) is 30.7 Å². The van der Waals surface area contributed by atoms with Gasteiger partial charge < -0.3 is 16.0 Å². The number of carbonyl (C=O) groups is 3. The van der Waals surface area contributed by atoms with Gasteiger partial charge in [-0.1, -0.05) is 12.1 Å². The van der Waals surface area contributed by atoms with Crippen LogP contribution in [-0.4, -0.2) is 23.8 Å². The van der Waals surface area contributed by atoms with Crippen LogP contribution in [-0.2, 0) is 9.59 Å². The van der Waals surface area contributed by atoms with Crippen LogP contribution in [0.3, 0.4) is 0 Å². The Morgan fingerprint density at radius 2 is 1.88 bits per heavy atom. The molecule has 0 fully saturated rings. The normalized spacial score (nSPS) is 16.2. The first-order valence-electron chi connectivity index (χ1n) is 7.89. The maximum Gasteiger partial charge on any atom is 0.254 e. The average Bonchev–Trinajstić information content (AvgIpc) is 2.72. The SMILES string of the molecule is O=C(CCC1NC(=O)c2ccccc2NC1=O)Nc1ccc(F)cc1F. The van der Waals surface area contributed by atoms with Crippen LogP contribution < -0.4 is 16.0 Å². The molecule has 8 heteroatoms. The first-order chi connectivity index (χ1) is 12.4. The molecule has 1 heterocycles. The number of para-hydroxylation sites is 1. The van der Waals surface area contributed by atoms with Gasteiger partial charge in [0.15, 0.2) is 0 Å². The molecule has 1 aliphatic heterocycles. The molecule has 2 aromatic carbocycles. The Balaban J connectivity index is 1.61. The van der Waals surface area contributed by atoms with Crippen LogP contribution in [0, 0.1) is 11.6 Å². The number of hydrogen-bond donors (Lipinski definition) is 3. The molecular weight excluding hydrogens is 344 g/mol. The van der Waals surface area contributed by atoms with E-state index in [0.717, 1.165) is 12.1 Å². The van der Waals surface area contributed by atoms with Crippen LogP contribution in [0.2, 0.25) is 0 Å². The zero-order chi connectivity index (χ0) is 18.7. The minimum absolute atomic E-state index is 0.0280. The van der Waals surface area contributed by atoms with Crippen LogP contribution in [0.4, 0.5) is 20.2 Å². The van der Waals surface area contributed by atoms with E-state index in [1.807, 2.05) is 0 Å². The van der Waals surface area contributed by atoms with Crippen molar-refractivity contribution < 1.29 is 23.2 Å². The minimum Gasteiger partial charge on any atom is -0.340 e. The van der Waals surface area contributed by atoms with Gasteiger partial charge in [-0.25, -0.2) is 8.78 Å². The molecule has 3 amide bonds. The summed E-state index contributed by atoms with van der Waals surface area (Å²) in [5.74, 6) is -3.07. The summed E-state index contributed by atoms with van der Waals surface area (Å²) in [6, 6.07) is 8.45. The van der Waals surface area contributed by atoms with Gasteiger partial charge in [0.05, 0.1) is 16.9 Å². The van der Waals surface area contributed by atoms with Gasteiger partial charge in [0, 0.05) is 12.5 Å². The molecule has 0 aliphatic carbocycles. The molecule has 1 unspecified atom stereocenters. The predicted molar refractivity (Wildman–Crippen MR) is 90.5 cm³/mol. The van der Waals surface area contributed by atoms with E-state index >= 15 is 0 Å². The lowest BCUT2D eigenvalue weighted by Gasteiger charge is -2.14. The van der Waals surface area contributed by atoms with E-state index in [0.29, 0.717) is 17.3 Å². The second-order valence-corrected chi connectivity index (χ2v) is 5.77. The molecule has 0 radical (unpaired) electrons. The lowest BCUT2D eigenvalue weighted by Crippen LogP contribution is -2.41. The third kappa shape index (κ3) is 3.85. The number of anilines is 2. The summed E-state index contributed by atoms with van der Waals surface area (Å²) in [5, 5.41) is 7.52. The van der Waals surface area contributed by atoms with Gasteiger partial charge in [0.1, 0.15) is 17.7 Å². The second-order valence-electron chi connectivity index (χ2n) is 5.77. The summed E-state index contributed by atoms with van der Waals surface area (Å²) in [6.07, 6.45) is -0.105. The first-order valence-corrected chi connectivity index (χ1v) is 7.89. The van der Waals surface area contributed by atoms with Crippen molar-refractivity contribution in [1.82, 2.24) is 5.32 Å². The number of fused-ring (bicyclic) bond motifs is 1. The molecule has 0 saturated heterocycles. The highest BCUT2D eigenvalue weighted by atomic mass is 19.1. The Hall–Kier alpha value is -3.29. The molecular formula is C18H15F2N3O3. The van der Waals surface area contributed by atoms with E-state index in [-0.39, 0.29) is 18.5 Å². The van der Waals surface area contributed by atoms with Gasteiger partial charge in [-0.2, -0.15) is 0 Å². The third-order valence-electron chi connectivity index (χ3n) is 3.92. The van der Waals surface area contributed by atoms with Crippen LogP contribution in [0.15, 0.2) is 42.5 Å². The molecule has 3 N–H and O–H groups in total. The zero-order valence-corrected chi connectivity index (χ0v) is 13.5. The average molecular weight is 359 g/mol. The number of hydrogen-bond acceptors (Lipinski definition) is 3. The summed E-state index contributed by atoms with van der Waals surface area (Å²) in [4.78, 5) is 36.4. The number of halogens is 2. The molecule has 2 aromatic rings. The van der Waals surface area contributed by atoms with E-state index in [2.05, 4.69) is 16.0 Å². The van der Waals surface area contributed by atoms with Crippen molar-refractivity contribution in [2.24, 2.45) is 0 Å². The van der Waals surface area contributed by atoms with Crippen molar-refractivity contribution >= 4 is 29.1 Å². The third-order valence-corrected chi connectivity index (χ3v) is 3.92. The predicted octanol–water partition coefficient (Wildman–Crippen LogP) is 2.43. The fraction of sp³-hybridized carbons (Fsp3) is 0.167. The fourth-order valence-corrected chi connectivity index (χ4v) is 2.59. The van der Waals surface area contributed by atoms with Gasteiger partial charge in [-0.3, -0.25) is 14.4 Å². The van der Waals surface area contributed by atoms with E-state index in [9.17, 15) is 23.2 Å². The van der Waals surface area contributed by atoms with E-state index < -0.39 is 35.4 Å². The molecule has 0 aromatic heterocycles. The van der Waals surface area contributed by atoms with Crippen LogP contribution in [0.5, 0.6) is 0 Å². The van der Waals surface area contributed by atoms with Gasteiger partial charge in [0.2, 0.25) is 11.8 Å². The highest BCUT2D eigenvalue weighted by molar-refractivity contribution is 6.09. The van der Waals surface area contributed by atoms with E-state index in [1.165, 1.54) is 0 Å². The summed E-state index contributed by atoms with van der Waals surface area (Å²) in [6.45, 7) is 0. The van der Waals surface area contributed by atoms with E-state index in [1.54, 1.807) is 24.3 Å². The Labute approximate surface area is 147 Å². The molecule has 134 valence electrons. The van der Waals surface area contributed by atoms with Gasteiger partial charge in [0.25, 0.3) is 5.91 Å². The zero-order valence-electron chi connectivity index (χ0n) is 13.5. The van der Waals surface area contributed by atoms with Crippen molar-refractivity contribution in [3.05, 3.63) is 59.7 Å². The van der Waals surface area contributed by atoms with Crippen molar-refractivity contribution in [2.75, 3.05) is 10.6 Å². The molecule has 3 rings (SSSR count). The molecule has 1 aliphatic rings. The van der Waals surface area contributed by atoms with Crippen LogP contribution in [0.25, 0.3) is 0 Å². The quantitative estimate of drug-likeness (QED) is 0.784. The standard InChI is InChI=1S/C18H15F2N3O3/c19-10-5-6-14(12(20)9-10)21-16(24)8-7-15-18(26)22-13-4-2-1-3-11(13)17(25)23-15/h1-6,9,15H,7-8H2,(H,21,24)(H,22,26)(H,23,25). The highest BCUT2D eigenvalue weighted by Gasteiger charge is 2.27. The molecule has 0 saturated carbocycles. The summed E-state index contributed by atoms with van der Waals surface area (Å²) in [7, 11) is 0. The molecule has 0 spiro atoms. The smallest absolute Gasteiger partial charge is 0.254 e. The lowest BCUT2D eigenvalue weighted by molar-refractivity contribution is -0.118. The minimum atomic E-state index is -0.904. The number of benzene rings is 2. The number of nitrogens with one attached hydrogen (secondary N) is 3. The van der Waals surface area contributed by atoms with Crippen molar-refractivity contribution in [2.45, 2.75) is 18.9 Å². The number of amides is 3. The second kappa shape index (κ2) is 7.30. The Bertz CT molecular complexity index is 886. The summed E-state index contributed by atoms with van der Waals surface area (Å²) in [5.41, 5.74) is 0.578. The molecule has 26 heavy (non-hydrogen) atoms. The summed E-state index contributed by atoms with van der Waals surface area (Å²) >= 11 is 0. The van der Waals surface area contributed by atoms with E-state index in [4.69, 9.17) is 0 Å². The Morgan fingerprint density at radius 3 is 2.65 bits per heavy atom. The highest BCUT2D eigenvalue weighted by Crippen LogP contribution is 2.20. The largest absolute Gasteiger partial charge is 0.340 e. The lowest BCUT2D eigenvalue weighted by atomic mass is 10.1. The van der Waals surface area contributed by atoms with Crippen LogP contribution in [0.1, 0.15) is 23.2 Å². The van der Waals surface area contributed by atoms with Gasteiger partial charge in [-0.15, -0.1) is 0 Å². The first kappa shape index (κ1) is 17.5. The Morgan fingerprint density at radius 1 is 1.12 bits per heavy atom. The summed E-state index contributed by atoms with van der Waals surface area (Å²) < 4.78 is 26.4. The van der Waals surface area contributed by atoms with Crippen molar-refractivity contribution in [1.29, 1.82) is 0 Å². The number of rotatable bonds is 4. The van der Waals surface area contributed by atoms with Crippen molar-refractivity contribution in [3.8, 4) is 0 Å². The monoisotopic (exact) mass is 359 g/mol. The molecule has 0 bridgehead atoms. The topological polar surface area (TPSA) is 87.3 Å². The van der Waals surface area contributed by atoms with Gasteiger partial charge >= 0.3 is 0 Å².